The molecule has 1 aliphatic rings. The van der Waals surface area contributed by atoms with E-state index in [9.17, 15) is 12.8 Å². The number of hydrogen-bond acceptors (Lipinski definition) is 5. The zero-order valence-corrected chi connectivity index (χ0v) is 16.0. The Morgan fingerprint density at radius 3 is 2.81 bits per heavy atom. The second-order valence-electron chi connectivity index (χ2n) is 6.75. The molecule has 1 N–H and O–H groups in total. The van der Waals surface area contributed by atoms with Gasteiger partial charge in [-0.1, -0.05) is 0 Å². The van der Waals surface area contributed by atoms with Crippen LogP contribution in [0.5, 0.6) is 0 Å². The fourth-order valence-electron chi connectivity index (χ4n) is 3.41. The van der Waals surface area contributed by atoms with Crippen molar-refractivity contribution in [3.63, 3.8) is 0 Å². The lowest BCUT2D eigenvalue weighted by Crippen LogP contribution is -2.37. The van der Waals surface area contributed by atoms with E-state index in [1.54, 1.807) is 25.0 Å². The molecule has 1 aromatic carbocycles. The molecule has 10 heteroatoms. The van der Waals surface area contributed by atoms with Gasteiger partial charge >= 0.3 is 0 Å². The first-order valence-electron chi connectivity index (χ1n) is 8.52. The average Bonchev–Trinajstić information content (AvgIpc) is 3.34. The van der Waals surface area contributed by atoms with Gasteiger partial charge in [0, 0.05) is 31.7 Å². The van der Waals surface area contributed by atoms with E-state index >= 15 is 0 Å². The van der Waals surface area contributed by atoms with E-state index in [1.165, 1.54) is 23.5 Å². The molecule has 3 aromatic rings. The fourth-order valence-corrected chi connectivity index (χ4v) is 4.78. The number of sulfonamides is 1. The minimum atomic E-state index is -3.82. The molecule has 27 heavy (non-hydrogen) atoms. The van der Waals surface area contributed by atoms with Gasteiger partial charge in [0.2, 0.25) is 0 Å². The molecule has 0 spiro atoms. The summed E-state index contributed by atoms with van der Waals surface area (Å²) < 4.78 is 48.7. The minimum Gasteiger partial charge on any atom is -0.380 e. The predicted molar refractivity (Wildman–Crippen MR) is 97.2 cm³/mol. The lowest BCUT2D eigenvalue weighted by Gasteiger charge is -2.21. The Bertz CT molecular complexity index is 1120. The number of aromatic amines is 1. The standard InChI is InChI=1S/C17H20FN5O3S/c1-10-6-13(18)16-12(15(10)17-19-9-22(2)21-17)7-14(20-16)27(24,25)23(3)11-4-5-26-8-11/h6-7,9,11,20H,4-5,8H2,1-3H3. The highest BCUT2D eigenvalue weighted by Crippen LogP contribution is 2.34. The van der Waals surface area contributed by atoms with Crippen LogP contribution in [0.2, 0.25) is 0 Å². The normalized spacial score (nSPS) is 18.0. The summed E-state index contributed by atoms with van der Waals surface area (Å²) in [5, 5.41) is 4.66. The highest BCUT2D eigenvalue weighted by atomic mass is 32.2. The van der Waals surface area contributed by atoms with Crippen molar-refractivity contribution in [2.45, 2.75) is 24.4 Å². The Morgan fingerprint density at radius 2 is 2.19 bits per heavy atom. The molecule has 1 fully saturated rings. The zero-order chi connectivity index (χ0) is 19.3. The number of aryl methyl sites for hydroxylation is 2. The number of rotatable bonds is 4. The molecular weight excluding hydrogens is 373 g/mol. The number of benzene rings is 1. The zero-order valence-electron chi connectivity index (χ0n) is 15.2. The van der Waals surface area contributed by atoms with Crippen molar-refractivity contribution in [2.75, 3.05) is 20.3 Å². The number of fused-ring (bicyclic) bond motifs is 1. The van der Waals surface area contributed by atoms with Crippen molar-refractivity contribution in [1.82, 2.24) is 24.1 Å². The van der Waals surface area contributed by atoms with Crippen LogP contribution in [0.1, 0.15) is 12.0 Å². The Morgan fingerprint density at radius 1 is 1.41 bits per heavy atom. The number of nitrogens with zero attached hydrogens (tertiary/aromatic N) is 4. The molecule has 144 valence electrons. The number of likely N-dealkylation sites (N-methyl/N-ethyl adjacent to an activating group) is 1. The summed E-state index contributed by atoms with van der Waals surface area (Å²) in [7, 11) is -0.571. The molecule has 1 saturated heterocycles. The third-order valence-electron chi connectivity index (χ3n) is 4.94. The first-order valence-corrected chi connectivity index (χ1v) is 9.96. The Kier molecular flexibility index (Phi) is 4.28. The molecule has 0 bridgehead atoms. The SMILES string of the molecule is Cc1cc(F)c2[nH]c(S(=O)(=O)N(C)C3CCOC3)cc2c1-c1ncn(C)n1. The lowest BCUT2D eigenvalue weighted by molar-refractivity contribution is 0.181. The van der Waals surface area contributed by atoms with Crippen LogP contribution in [0.3, 0.4) is 0 Å². The van der Waals surface area contributed by atoms with Crippen molar-refractivity contribution < 1.29 is 17.5 Å². The summed E-state index contributed by atoms with van der Waals surface area (Å²) in [5.41, 5.74) is 1.36. The van der Waals surface area contributed by atoms with Crippen molar-refractivity contribution in [2.24, 2.45) is 7.05 Å². The van der Waals surface area contributed by atoms with E-state index in [0.717, 1.165) is 0 Å². The lowest BCUT2D eigenvalue weighted by atomic mass is 10.0. The Hall–Kier alpha value is -2.30. The molecular formula is C17H20FN5O3S. The van der Waals surface area contributed by atoms with E-state index in [1.807, 2.05) is 0 Å². The third kappa shape index (κ3) is 2.93. The topological polar surface area (TPSA) is 93.1 Å². The predicted octanol–water partition coefficient (Wildman–Crippen LogP) is 1.82. The summed E-state index contributed by atoms with van der Waals surface area (Å²) in [4.78, 5) is 6.98. The van der Waals surface area contributed by atoms with Crippen molar-refractivity contribution in [3.8, 4) is 11.4 Å². The molecule has 1 unspecified atom stereocenters. The van der Waals surface area contributed by atoms with Gasteiger partial charge < -0.3 is 9.72 Å². The molecule has 1 atom stereocenters. The monoisotopic (exact) mass is 393 g/mol. The Labute approximate surface area is 156 Å². The average molecular weight is 393 g/mol. The maximum Gasteiger partial charge on any atom is 0.258 e. The van der Waals surface area contributed by atoms with Crippen LogP contribution >= 0.6 is 0 Å². The van der Waals surface area contributed by atoms with E-state index < -0.39 is 15.8 Å². The van der Waals surface area contributed by atoms with E-state index in [0.29, 0.717) is 42.0 Å². The first-order chi connectivity index (χ1) is 12.8. The molecule has 2 aromatic heterocycles. The largest absolute Gasteiger partial charge is 0.380 e. The summed E-state index contributed by atoms with van der Waals surface area (Å²) in [6.45, 7) is 2.63. The summed E-state index contributed by atoms with van der Waals surface area (Å²) >= 11 is 0. The summed E-state index contributed by atoms with van der Waals surface area (Å²) in [6, 6.07) is 2.58. The number of aromatic nitrogens is 4. The molecule has 1 aliphatic heterocycles. The third-order valence-corrected chi connectivity index (χ3v) is 6.77. The fraction of sp³-hybridized carbons (Fsp3) is 0.412. The maximum atomic E-state index is 14.5. The number of hydrogen-bond donors (Lipinski definition) is 1. The number of H-pyrrole nitrogens is 1. The van der Waals surface area contributed by atoms with E-state index in [4.69, 9.17) is 4.74 Å². The van der Waals surface area contributed by atoms with Gasteiger partial charge in [-0.2, -0.15) is 9.40 Å². The van der Waals surface area contributed by atoms with Crippen LogP contribution in [0, 0.1) is 12.7 Å². The maximum absolute atomic E-state index is 14.5. The molecule has 4 rings (SSSR count). The number of nitrogens with one attached hydrogen (secondary N) is 1. The highest BCUT2D eigenvalue weighted by Gasteiger charge is 2.32. The van der Waals surface area contributed by atoms with Crippen LogP contribution in [-0.2, 0) is 21.8 Å². The second kappa shape index (κ2) is 6.39. The molecule has 0 aliphatic carbocycles. The van der Waals surface area contributed by atoms with Crippen molar-refractivity contribution in [3.05, 3.63) is 29.8 Å². The van der Waals surface area contributed by atoms with E-state index in [2.05, 4.69) is 15.1 Å². The minimum absolute atomic E-state index is 0.0615. The summed E-state index contributed by atoms with van der Waals surface area (Å²) in [5.74, 6) is -0.101. The smallest absolute Gasteiger partial charge is 0.258 e. The number of halogens is 1. The molecule has 8 nitrogen and oxygen atoms in total. The molecule has 3 heterocycles. The van der Waals surface area contributed by atoms with Gasteiger partial charge in [-0.3, -0.25) is 4.68 Å². The Balaban J connectivity index is 1.88. The van der Waals surface area contributed by atoms with Gasteiger partial charge in [-0.25, -0.2) is 17.8 Å². The quantitative estimate of drug-likeness (QED) is 0.730. The molecule has 0 saturated carbocycles. The van der Waals surface area contributed by atoms with Gasteiger partial charge in [0.25, 0.3) is 10.0 Å². The van der Waals surface area contributed by atoms with E-state index in [-0.39, 0.29) is 16.6 Å². The number of ether oxygens (including phenoxy) is 1. The second-order valence-corrected chi connectivity index (χ2v) is 8.72. The van der Waals surface area contributed by atoms with Gasteiger partial charge in [-0.05, 0) is 31.0 Å². The van der Waals surface area contributed by atoms with Crippen LogP contribution in [0.15, 0.2) is 23.5 Å². The van der Waals surface area contributed by atoms with Crippen molar-refractivity contribution in [1.29, 1.82) is 0 Å². The van der Waals surface area contributed by atoms with Gasteiger partial charge in [0.15, 0.2) is 5.82 Å². The van der Waals surface area contributed by atoms with Crippen LogP contribution in [0.25, 0.3) is 22.3 Å². The van der Waals surface area contributed by atoms with Crippen LogP contribution < -0.4 is 0 Å². The molecule has 0 amide bonds. The highest BCUT2D eigenvalue weighted by molar-refractivity contribution is 7.89. The molecule has 0 radical (unpaired) electrons. The van der Waals surface area contributed by atoms with Gasteiger partial charge in [-0.15, -0.1) is 0 Å². The summed E-state index contributed by atoms with van der Waals surface area (Å²) in [6.07, 6.45) is 2.18. The van der Waals surface area contributed by atoms with Gasteiger partial charge in [0.1, 0.15) is 17.2 Å². The van der Waals surface area contributed by atoms with Gasteiger partial charge in [0.05, 0.1) is 18.2 Å². The van der Waals surface area contributed by atoms with Crippen LogP contribution in [-0.4, -0.2) is 58.8 Å². The first kappa shape index (κ1) is 18.1. The van der Waals surface area contributed by atoms with Crippen molar-refractivity contribution >= 4 is 20.9 Å². The van der Waals surface area contributed by atoms with Crippen LogP contribution in [0.4, 0.5) is 4.39 Å².